The van der Waals surface area contributed by atoms with Crippen molar-refractivity contribution in [2.24, 2.45) is 17.6 Å². The first-order valence-electron chi connectivity index (χ1n) is 7.07. The van der Waals surface area contributed by atoms with Crippen LogP contribution in [0.3, 0.4) is 0 Å². The molecule has 18 heavy (non-hydrogen) atoms. The summed E-state index contributed by atoms with van der Waals surface area (Å²) in [5, 5.41) is 0. The third-order valence-electron chi connectivity index (χ3n) is 4.11. The summed E-state index contributed by atoms with van der Waals surface area (Å²) in [4.78, 5) is 16.3. The van der Waals surface area contributed by atoms with Gasteiger partial charge in [-0.25, -0.2) is 0 Å². The fourth-order valence-corrected chi connectivity index (χ4v) is 2.73. The van der Waals surface area contributed by atoms with Crippen LogP contribution < -0.4 is 5.73 Å². The highest BCUT2D eigenvalue weighted by Crippen LogP contribution is 2.30. The minimum Gasteiger partial charge on any atom is -0.344 e. The minimum absolute atomic E-state index is 0.114. The van der Waals surface area contributed by atoms with E-state index in [-0.39, 0.29) is 11.8 Å². The lowest BCUT2D eigenvalue weighted by molar-refractivity contribution is -0.136. The van der Waals surface area contributed by atoms with E-state index in [1.165, 1.54) is 6.42 Å². The van der Waals surface area contributed by atoms with E-state index < -0.39 is 0 Å². The summed E-state index contributed by atoms with van der Waals surface area (Å²) in [5.74, 6) is 0.863. The predicted molar refractivity (Wildman–Crippen MR) is 75.3 cm³/mol. The number of hydrogen-bond donors (Lipinski definition) is 1. The van der Waals surface area contributed by atoms with Gasteiger partial charge >= 0.3 is 0 Å². The van der Waals surface area contributed by atoms with Crippen molar-refractivity contribution in [3.05, 3.63) is 0 Å². The van der Waals surface area contributed by atoms with Gasteiger partial charge in [-0.2, -0.15) is 0 Å². The molecule has 1 amide bonds. The fourth-order valence-electron chi connectivity index (χ4n) is 2.73. The van der Waals surface area contributed by atoms with E-state index in [0.29, 0.717) is 12.0 Å². The van der Waals surface area contributed by atoms with Crippen LogP contribution in [0.4, 0.5) is 0 Å². The number of carbonyl (C=O) groups is 1. The van der Waals surface area contributed by atoms with Crippen LogP contribution in [-0.4, -0.2) is 56.0 Å². The highest BCUT2D eigenvalue weighted by molar-refractivity contribution is 5.78. The van der Waals surface area contributed by atoms with Crippen molar-refractivity contribution < 1.29 is 4.79 Å². The van der Waals surface area contributed by atoms with Crippen molar-refractivity contribution in [2.45, 2.75) is 38.6 Å². The molecule has 0 heterocycles. The quantitative estimate of drug-likeness (QED) is 0.802. The predicted octanol–water partition coefficient (Wildman–Crippen LogP) is 1.16. The van der Waals surface area contributed by atoms with Crippen LogP contribution in [0.25, 0.3) is 0 Å². The average molecular weight is 255 g/mol. The summed E-state index contributed by atoms with van der Waals surface area (Å²) in [5.41, 5.74) is 6.01. The Kier molecular flexibility index (Phi) is 6.09. The molecule has 1 rings (SSSR count). The second-order valence-electron chi connectivity index (χ2n) is 6.04. The SMILES string of the molecule is CC(C(=O)N(C)CCN(C)C)C1CCCC(N)C1. The van der Waals surface area contributed by atoms with Gasteiger partial charge in [-0.1, -0.05) is 13.3 Å². The topological polar surface area (TPSA) is 49.6 Å². The Morgan fingerprint density at radius 1 is 1.28 bits per heavy atom. The first kappa shape index (κ1) is 15.4. The van der Waals surface area contributed by atoms with Crippen molar-refractivity contribution in [3.8, 4) is 0 Å². The Balaban J connectivity index is 2.44. The van der Waals surface area contributed by atoms with Gasteiger partial charge in [0.15, 0.2) is 0 Å². The Labute approximate surface area is 111 Å². The van der Waals surface area contributed by atoms with Crippen molar-refractivity contribution in [1.82, 2.24) is 9.80 Å². The first-order chi connectivity index (χ1) is 8.41. The molecule has 106 valence electrons. The van der Waals surface area contributed by atoms with Crippen LogP contribution in [0.1, 0.15) is 32.6 Å². The maximum absolute atomic E-state index is 12.3. The molecule has 0 aromatic rings. The molecule has 4 nitrogen and oxygen atoms in total. The molecule has 1 saturated carbocycles. The van der Waals surface area contributed by atoms with Gasteiger partial charge in [0.25, 0.3) is 0 Å². The molecule has 0 aliphatic heterocycles. The van der Waals surface area contributed by atoms with Gasteiger partial charge in [0.1, 0.15) is 0 Å². The Bertz CT molecular complexity index is 268. The minimum atomic E-state index is 0.114. The number of carbonyl (C=O) groups excluding carboxylic acids is 1. The lowest BCUT2D eigenvalue weighted by Crippen LogP contribution is -2.41. The first-order valence-corrected chi connectivity index (χ1v) is 7.07. The molecule has 1 aliphatic carbocycles. The Hall–Kier alpha value is -0.610. The summed E-state index contributed by atoms with van der Waals surface area (Å²) < 4.78 is 0. The maximum atomic E-state index is 12.3. The monoisotopic (exact) mass is 255 g/mol. The number of hydrogen-bond acceptors (Lipinski definition) is 3. The van der Waals surface area contributed by atoms with Crippen molar-refractivity contribution in [1.29, 1.82) is 0 Å². The molecular formula is C14H29N3O. The van der Waals surface area contributed by atoms with Crippen LogP contribution >= 0.6 is 0 Å². The van der Waals surface area contributed by atoms with E-state index in [1.807, 2.05) is 26.0 Å². The van der Waals surface area contributed by atoms with Crippen LogP contribution in [0, 0.1) is 11.8 Å². The molecule has 2 N–H and O–H groups in total. The van der Waals surface area contributed by atoms with Gasteiger partial charge in [-0.05, 0) is 39.3 Å². The van der Waals surface area contributed by atoms with Crippen molar-refractivity contribution in [2.75, 3.05) is 34.2 Å². The number of nitrogens with two attached hydrogens (primary N) is 1. The second-order valence-corrected chi connectivity index (χ2v) is 6.04. The number of nitrogens with zero attached hydrogens (tertiary/aromatic N) is 2. The van der Waals surface area contributed by atoms with Gasteiger partial charge in [0, 0.05) is 32.1 Å². The summed E-state index contributed by atoms with van der Waals surface area (Å²) in [6.07, 6.45) is 4.45. The fraction of sp³-hybridized carbons (Fsp3) is 0.929. The summed E-state index contributed by atoms with van der Waals surface area (Å²) >= 11 is 0. The van der Waals surface area contributed by atoms with E-state index in [0.717, 1.165) is 32.4 Å². The summed E-state index contributed by atoms with van der Waals surface area (Å²) in [6, 6.07) is 0.297. The third-order valence-corrected chi connectivity index (χ3v) is 4.11. The van der Waals surface area contributed by atoms with Gasteiger partial charge in [-0.3, -0.25) is 4.79 Å². The smallest absolute Gasteiger partial charge is 0.225 e. The summed E-state index contributed by atoms with van der Waals surface area (Å²) in [6.45, 7) is 3.78. The van der Waals surface area contributed by atoms with E-state index in [2.05, 4.69) is 11.8 Å². The molecule has 0 aromatic heterocycles. The molecule has 0 bridgehead atoms. The Morgan fingerprint density at radius 2 is 1.94 bits per heavy atom. The standard InChI is InChI=1S/C14H29N3O/c1-11(12-6-5-7-13(15)10-12)14(18)17(4)9-8-16(2)3/h11-13H,5-10,15H2,1-4H3. The molecular weight excluding hydrogens is 226 g/mol. The van der Waals surface area contributed by atoms with Crippen LogP contribution in [0.5, 0.6) is 0 Å². The molecule has 4 heteroatoms. The van der Waals surface area contributed by atoms with Crippen molar-refractivity contribution in [3.63, 3.8) is 0 Å². The largest absolute Gasteiger partial charge is 0.344 e. The normalized spacial score (nSPS) is 26.1. The van der Waals surface area contributed by atoms with Crippen molar-refractivity contribution >= 4 is 5.91 Å². The zero-order valence-corrected chi connectivity index (χ0v) is 12.4. The lowest BCUT2D eigenvalue weighted by atomic mass is 9.78. The summed E-state index contributed by atoms with van der Waals surface area (Å²) in [7, 11) is 5.97. The van der Waals surface area contributed by atoms with E-state index in [1.54, 1.807) is 0 Å². The van der Waals surface area contributed by atoms with E-state index in [9.17, 15) is 4.79 Å². The van der Waals surface area contributed by atoms with E-state index in [4.69, 9.17) is 5.73 Å². The number of amides is 1. The molecule has 3 atom stereocenters. The maximum Gasteiger partial charge on any atom is 0.225 e. The Morgan fingerprint density at radius 3 is 2.50 bits per heavy atom. The molecule has 1 fully saturated rings. The zero-order chi connectivity index (χ0) is 13.7. The second kappa shape index (κ2) is 7.10. The van der Waals surface area contributed by atoms with Gasteiger partial charge in [0.05, 0.1) is 0 Å². The average Bonchev–Trinajstić information content (AvgIpc) is 2.34. The number of likely N-dealkylation sites (N-methyl/N-ethyl adjacent to an activating group) is 2. The van der Waals surface area contributed by atoms with Crippen LogP contribution in [-0.2, 0) is 4.79 Å². The van der Waals surface area contributed by atoms with E-state index >= 15 is 0 Å². The number of rotatable bonds is 5. The van der Waals surface area contributed by atoms with Crippen LogP contribution in [0.2, 0.25) is 0 Å². The van der Waals surface area contributed by atoms with Gasteiger partial charge < -0.3 is 15.5 Å². The molecule has 0 aromatic carbocycles. The third kappa shape index (κ3) is 4.58. The molecule has 3 unspecified atom stereocenters. The highest BCUT2D eigenvalue weighted by Gasteiger charge is 2.29. The van der Waals surface area contributed by atoms with Gasteiger partial charge in [-0.15, -0.1) is 0 Å². The molecule has 0 spiro atoms. The van der Waals surface area contributed by atoms with Gasteiger partial charge in [0.2, 0.25) is 5.91 Å². The van der Waals surface area contributed by atoms with Crippen LogP contribution in [0.15, 0.2) is 0 Å². The molecule has 0 radical (unpaired) electrons. The molecule has 0 saturated heterocycles. The lowest BCUT2D eigenvalue weighted by Gasteiger charge is -2.32. The molecule has 1 aliphatic rings. The zero-order valence-electron chi connectivity index (χ0n) is 12.4. The highest BCUT2D eigenvalue weighted by atomic mass is 16.2.